The minimum Gasteiger partial charge on any atom is -0.459 e. The second-order valence-electron chi connectivity index (χ2n) is 4.16. The van der Waals surface area contributed by atoms with Crippen LogP contribution in [0.5, 0.6) is 0 Å². The van der Waals surface area contributed by atoms with Crippen LogP contribution in [0.2, 0.25) is 0 Å². The molecule has 6 heteroatoms. The maximum Gasteiger partial charge on any atom is 0.314 e. The zero-order chi connectivity index (χ0) is 14.0. The number of hydrogen-bond donors (Lipinski definition) is 1. The largest absolute Gasteiger partial charge is 0.459 e. The third-order valence-corrected chi connectivity index (χ3v) is 2.82. The molecule has 0 spiro atoms. The molecule has 0 fully saturated rings. The Kier molecular flexibility index (Phi) is 3.85. The van der Waals surface area contributed by atoms with Crippen LogP contribution in [0.3, 0.4) is 0 Å². The summed E-state index contributed by atoms with van der Waals surface area (Å²) in [6.45, 7) is 3.29. The van der Waals surface area contributed by atoms with Crippen LogP contribution in [0.1, 0.15) is 17.9 Å². The molecule has 1 aromatic rings. The molecule has 1 heterocycles. The van der Waals surface area contributed by atoms with Gasteiger partial charge in [0.05, 0.1) is 5.92 Å². The lowest BCUT2D eigenvalue weighted by molar-refractivity contribution is -0.145. The molecule has 0 radical (unpaired) electrons. The van der Waals surface area contributed by atoms with Gasteiger partial charge < -0.3 is 10.1 Å². The Hall–Kier alpha value is -1.88. The molecule has 1 aromatic carbocycles. The zero-order valence-electron chi connectivity index (χ0n) is 9.91. The summed E-state index contributed by atoms with van der Waals surface area (Å²) in [4.78, 5) is 23.4. The molecular formula is C13H11ClFNO3. The minimum atomic E-state index is -0.750. The summed E-state index contributed by atoms with van der Waals surface area (Å²) < 4.78 is 18.0. The Morgan fingerprint density at radius 3 is 3.00 bits per heavy atom. The fraction of sp³-hybridized carbons (Fsp3) is 0.231. The molecule has 1 N–H and O–H groups in total. The van der Waals surface area contributed by atoms with Crippen molar-refractivity contribution in [2.24, 2.45) is 0 Å². The number of nitrogens with one attached hydrogen (secondary N) is 1. The quantitative estimate of drug-likeness (QED) is 0.868. The summed E-state index contributed by atoms with van der Waals surface area (Å²) in [5.74, 6) is -2.17. The number of fused-ring (bicyclic) bond motifs is 1. The van der Waals surface area contributed by atoms with Gasteiger partial charge in [-0.25, -0.2) is 4.39 Å². The van der Waals surface area contributed by atoms with Crippen molar-refractivity contribution in [2.45, 2.75) is 12.3 Å². The topological polar surface area (TPSA) is 55.4 Å². The molecule has 0 saturated heterocycles. The van der Waals surface area contributed by atoms with E-state index in [1.165, 1.54) is 18.2 Å². The van der Waals surface area contributed by atoms with E-state index in [-0.39, 0.29) is 24.0 Å². The average molecular weight is 284 g/mol. The van der Waals surface area contributed by atoms with Gasteiger partial charge >= 0.3 is 5.97 Å². The predicted octanol–water partition coefficient (Wildman–Crippen LogP) is 2.55. The van der Waals surface area contributed by atoms with Crippen molar-refractivity contribution in [1.29, 1.82) is 0 Å². The monoisotopic (exact) mass is 283 g/mol. The van der Waals surface area contributed by atoms with Crippen LogP contribution >= 0.6 is 11.6 Å². The van der Waals surface area contributed by atoms with Gasteiger partial charge in [-0.3, -0.25) is 9.59 Å². The number of esters is 1. The number of carbonyl (C=O) groups is 2. The van der Waals surface area contributed by atoms with Gasteiger partial charge in [0.2, 0.25) is 5.91 Å². The number of anilines is 1. The van der Waals surface area contributed by atoms with E-state index in [0.717, 1.165) is 0 Å². The molecule has 100 valence electrons. The molecule has 1 aliphatic rings. The van der Waals surface area contributed by atoms with E-state index in [1.54, 1.807) is 0 Å². The number of carbonyl (C=O) groups excluding carboxylic acids is 2. The normalized spacial score (nSPS) is 17.4. The second-order valence-corrected chi connectivity index (χ2v) is 4.70. The van der Waals surface area contributed by atoms with Crippen molar-refractivity contribution in [2.75, 3.05) is 11.9 Å². The highest BCUT2D eigenvalue weighted by Crippen LogP contribution is 2.33. The van der Waals surface area contributed by atoms with Crippen LogP contribution in [0.15, 0.2) is 29.8 Å². The van der Waals surface area contributed by atoms with Gasteiger partial charge in [-0.15, -0.1) is 0 Å². The van der Waals surface area contributed by atoms with Gasteiger partial charge in [-0.1, -0.05) is 24.2 Å². The summed E-state index contributed by atoms with van der Waals surface area (Å²) in [5.41, 5.74) is 0.828. The minimum absolute atomic E-state index is 0.0355. The van der Waals surface area contributed by atoms with Gasteiger partial charge in [-0.2, -0.15) is 0 Å². The van der Waals surface area contributed by atoms with Crippen molar-refractivity contribution in [3.05, 3.63) is 41.2 Å². The van der Waals surface area contributed by atoms with Gasteiger partial charge in [-0.05, 0) is 17.7 Å². The third kappa shape index (κ3) is 3.12. The Morgan fingerprint density at radius 1 is 1.58 bits per heavy atom. The van der Waals surface area contributed by atoms with E-state index in [2.05, 4.69) is 11.9 Å². The summed E-state index contributed by atoms with van der Waals surface area (Å²) >= 11 is 5.51. The summed E-state index contributed by atoms with van der Waals surface area (Å²) in [6, 6.07) is 3.87. The first-order chi connectivity index (χ1) is 8.97. The molecule has 4 nitrogen and oxygen atoms in total. The predicted molar refractivity (Wildman–Crippen MR) is 68.3 cm³/mol. The van der Waals surface area contributed by atoms with E-state index in [4.69, 9.17) is 16.3 Å². The van der Waals surface area contributed by atoms with Crippen molar-refractivity contribution in [3.63, 3.8) is 0 Å². The van der Waals surface area contributed by atoms with Gasteiger partial charge in [0.25, 0.3) is 0 Å². The van der Waals surface area contributed by atoms with Gasteiger partial charge in [0.15, 0.2) is 0 Å². The second kappa shape index (κ2) is 5.40. The van der Waals surface area contributed by atoms with E-state index < -0.39 is 17.7 Å². The number of rotatable bonds is 3. The molecule has 1 aliphatic heterocycles. The lowest BCUT2D eigenvalue weighted by Gasteiger charge is -2.24. The van der Waals surface area contributed by atoms with E-state index in [1.807, 2.05) is 0 Å². The fourth-order valence-electron chi connectivity index (χ4n) is 1.90. The van der Waals surface area contributed by atoms with Crippen LogP contribution in [0, 0.1) is 5.82 Å². The summed E-state index contributed by atoms with van der Waals surface area (Å²) in [5, 5.41) is 2.71. The molecule has 0 aliphatic carbocycles. The van der Waals surface area contributed by atoms with Crippen LogP contribution in [0.4, 0.5) is 10.1 Å². The molecule has 0 aromatic heterocycles. The molecule has 1 amide bonds. The van der Waals surface area contributed by atoms with Crippen LogP contribution in [-0.2, 0) is 14.3 Å². The fourth-order valence-corrected chi connectivity index (χ4v) is 1.95. The van der Waals surface area contributed by atoms with Gasteiger partial charge in [0.1, 0.15) is 12.4 Å². The number of ether oxygens (including phenoxy) is 1. The highest BCUT2D eigenvalue weighted by molar-refractivity contribution is 6.29. The lowest BCUT2D eigenvalue weighted by atomic mass is 9.90. The smallest absolute Gasteiger partial charge is 0.314 e. The van der Waals surface area contributed by atoms with Crippen molar-refractivity contribution in [3.8, 4) is 0 Å². The summed E-state index contributed by atoms with van der Waals surface area (Å²) in [7, 11) is 0. The number of halogens is 2. The standard InChI is InChI=1S/C13H11ClFNO3/c1-7(14)6-19-13(18)10-5-12(17)16-11-4-8(15)2-3-9(10)11/h2-4,10H,1,5-6H2,(H,16,17)/t10-/m1/s1. The molecule has 1 atom stereocenters. The lowest BCUT2D eigenvalue weighted by Crippen LogP contribution is -2.28. The Bertz CT molecular complexity index is 559. The molecular weight excluding hydrogens is 273 g/mol. The van der Waals surface area contributed by atoms with E-state index in [0.29, 0.717) is 11.3 Å². The summed E-state index contributed by atoms with van der Waals surface area (Å²) in [6.07, 6.45) is -0.0355. The maximum absolute atomic E-state index is 13.1. The van der Waals surface area contributed by atoms with Crippen LogP contribution in [-0.4, -0.2) is 18.5 Å². The van der Waals surface area contributed by atoms with Crippen LogP contribution < -0.4 is 5.32 Å². The highest BCUT2D eigenvalue weighted by atomic mass is 35.5. The molecule has 19 heavy (non-hydrogen) atoms. The SMILES string of the molecule is C=C(Cl)COC(=O)[C@@H]1CC(=O)Nc2cc(F)ccc21. The first-order valence-corrected chi connectivity index (χ1v) is 5.94. The van der Waals surface area contributed by atoms with Crippen molar-refractivity contribution in [1.82, 2.24) is 0 Å². The molecule has 0 bridgehead atoms. The Morgan fingerprint density at radius 2 is 2.32 bits per heavy atom. The Labute approximate surface area is 114 Å². The number of amides is 1. The zero-order valence-corrected chi connectivity index (χ0v) is 10.7. The van der Waals surface area contributed by atoms with Gasteiger partial charge in [0, 0.05) is 17.1 Å². The Balaban J connectivity index is 2.25. The molecule has 0 saturated carbocycles. The third-order valence-electron chi connectivity index (χ3n) is 2.71. The highest BCUT2D eigenvalue weighted by Gasteiger charge is 2.32. The van der Waals surface area contributed by atoms with E-state index >= 15 is 0 Å². The number of benzene rings is 1. The first kappa shape index (κ1) is 13.5. The molecule has 0 unspecified atom stereocenters. The maximum atomic E-state index is 13.1. The first-order valence-electron chi connectivity index (χ1n) is 5.56. The van der Waals surface area contributed by atoms with Crippen molar-refractivity contribution >= 4 is 29.2 Å². The number of hydrogen-bond acceptors (Lipinski definition) is 3. The average Bonchev–Trinajstić information content (AvgIpc) is 2.34. The van der Waals surface area contributed by atoms with Crippen molar-refractivity contribution < 1.29 is 18.7 Å². The molecule has 2 rings (SSSR count). The van der Waals surface area contributed by atoms with E-state index in [9.17, 15) is 14.0 Å². The van der Waals surface area contributed by atoms with Crippen LogP contribution in [0.25, 0.3) is 0 Å².